The molecule has 1 atom stereocenters. The maximum absolute atomic E-state index is 12.8. The van der Waals surface area contributed by atoms with Crippen LogP contribution in [0.3, 0.4) is 0 Å². The normalized spacial score (nSPS) is 12.2. The molecule has 0 saturated heterocycles. The Morgan fingerprint density at radius 3 is 2.62 bits per heavy atom. The van der Waals surface area contributed by atoms with Crippen LogP contribution in [0.2, 0.25) is 0 Å². The molecule has 0 heterocycles. The van der Waals surface area contributed by atoms with Gasteiger partial charge >= 0.3 is 5.97 Å². The van der Waals surface area contributed by atoms with Crippen molar-refractivity contribution in [1.82, 2.24) is 0 Å². The van der Waals surface area contributed by atoms with E-state index >= 15 is 0 Å². The molecular weight excluding hydrogens is 220 g/mol. The van der Waals surface area contributed by atoms with Crippen LogP contribution in [-0.2, 0) is 16.0 Å². The number of ether oxygens (including phenoxy) is 1. The summed E-state index contributed by atoms with van der Waals surface area (Å²) in [6.07, 6.45) is -0.129. The minimum absolute atomic E-state index is 0.0526. The molecule has 16 heavy (non-hydrogen) atoms. The van der Waals surface area contributed by atoms with E-state index in [1.165, 1.54) is 0 Å². The number of hydrogen-bond acceptors (Lipinski definition) is 4. The summed E-state index contributed by atoms with van der Waals surface area (Å²) in [5.74, 6) is -3.40. The summed E-state index contributed by atoms with van der Waals surface area (Å²) in [4.78, 5) is 11.0. The Hall–Kier alpha value is -1.69. The van der Waals surface area contributed by atoms with Gasteiger partial charge in [0, 0.05) is 12.5 Å². The van der Waals surface area contributed by atoms with Gasteiger partial charge in [-0.25, -0.2) is 8.78 Å². The molecule has 0 spiro atoms. The number of phenols is 1. The van der Waals surface area contributed by atoms with E-state index in [4.69, 9.17) is 5.73 Å². The van der Waals surface area contributed by atoms with E-state index in [1.807, 2.05) is 0 Å². The zero-order chi connectivity index (χ0) is 12.3. The van der Waals surface area contributed by atoms with E-state index in [0.29, 0.717) is 6.07 Å². The number of carbonyl (C=O) groups is 1. The van der Waals surface area contributed by atoms with Crippen molar-refractivity contribution in [3.8, 4) is 5.75 Å². The summed E-state index contributed by atoms with van der Waals surface area (Å²) in [5, 5.41) is 9.30. The number of halogens is 2. The van der Waals surface area contributed by atoms with Gasteiger partial charge in [0.1, 0.15) is 11.8 Å². The lowest BCUT2D eigenvalue weighted by molar-refractivity contribution is -0.142. The Morgan fingerprint density at radius 2 is 2.06 bits per heavy atom. The molecule has 0 aliphatic rings. The van der Waals surface area contributed by atoms with Crippen LogP contribution in [0, 0.1) is 11.6 Å². The molecule has 0 aliphatic carbocycles. The molecule has 0 saturated carbocycles. The summed E-state index contributed by atoms with van der Waals surface area (Å²) < 4.78 is 29.9. The van der Waals surface area contributed by atoms with Crippen LogP contribution in [-0.4, -0.2) is 24.2 Å². The van der Waals surface area contributed by atoms with Crippen LogP contribution in [0.25, 0.3) is 0 Å². The van der Waals surface area contributed by atoms with E-state index in [-0.39, 0.29) is 12.0 Å². The van der Waals surface area contributed by atoms with E-state index in [0.717, 1.165) is 13.2 Å². The summed E-state index contributed by atoms with van der Waals surface area (Å²) in [5.41, 5.74) is 5.47. The number of methoxy groups -OCH3 is 1. The molecule has 1 rings (SSSR count). The second kappa shape index (κ2) is 4.89. The Morgan fingerprint density at radius 1 is 1.50 bits per heavy atom. The lowest BCUT2D eigenvalue weighted by Crippen LogP contribution is -2.33. The predicted molar refractivity (Wildman–Crippen MR) is 51.7 cm³/mol. The summed E-state index contributed by atoms with van der Waals surface area (Å²) >= 11 is 0. The monoisotopic (exact) mass is 231 g/mol. The van der Waals surface area contributed by atoms with Crippen LogP contribution >= 0.6 is 0 Å². The third-order valence-electron chi connectivity index (χ3n) is 2.07. The number of rotatable bonds is 3. The minimum Gasteiger partial charge on any atom is -0.508 e. The van der Waals surface area contributed by atoms with Crippen molar-refractivity contribution < 1.29 is 23.4 Å². The Bertz CT molecular complexity index is 409. The Balaban J connectivity index is 2.89. The first kappa shape index (κ1) is 12.4. The topological polar surface area (TPSA) is 72.5 Å². The fourth-order valence-electron chi connectivity index (χ4n) is 1.21. The standard InChI is InChI=1S/C10H11F2NO3/c1-16-10(15)8(13)3-5-2-6(11)7(12)4-9(5)14/h2,4,8,14H,3,13H2,1H3/t8-/m1/s1. The predicted octanol–water partition coefficient (Wildman–Crippen LogP) is 0.713. The molecule has 6 heteroatoms. The lowest BCUT2D eigenvalue weighted by Gasteiger charge is -2.10. The molecule has 1 aromatic carbocycles. The van der Waals surface area contributed by atoms with Crippen molar-refractivity contribution in [3.63, 3.8) is 0 Å². The molecule has 0 radical (unpaired) electrons. The van der Waals surface area contributed by atoms with Crippen molar-refractivity contribution >= 4 is 5.97 Å². The van der Waals surface area contributed by atoms with Crippen molar-refractivity contribution in [2.24, 2.45) is 5.73 Å². The largest absolute Gasteiger partial charge is 0.508 e. The summed E-state index contributed by atoms with van der Waals surface area (Å²) in [7, 11) is 1.16. The van der Waals surface area contributed by atoms with Gasteiger partial charge in [0.05, 0.1) is 7.11 Å². The molecule has 0 aliphatic heterocycles. The molecule has 3 N–H and O–H groups in total. The third kappa shape index (κ3) is 2.66. The number of phenolic OH excluding ortho intramolecular Hbond substituents is 1. The molecule has 1 aromatic rings. The molecular formula is C10H11F2NO3. The quantitative estimate of drug-likeness (QED) is 0.751. The first-order chi connectivity index (χ1) is 7.45. The molecule has 88 valence electrons. The highest BCUT2D eigenvalue weighted by Crippen LogP contribution is 2.22. The number of esters is 1. The van der Waals surface area contributed by atoms with Crippen LogP contribution < -0.4 is 5.73 Å². The number of carbonyl (C=O) groups excluding carboxylic acids is 1. The highest BCUT2D eigenvalue weighted by Gasteiger charge is 2.18. The van der Waals surface area contributed by atoms with Gasteiger partial charge in [-0.1, -0.05) is 0 Å². The van der Waals surface area contributed by atoms with Crippen molar-refractivity contribution in [1.29, 1.82) is 0 Å². The molecule has 0 fully saturated rings. The molecule has 0 unspecified atom stereocenters. The average Bonchev–Trinajstić information content (AvgIpc) is 2.24. The smallest absolute Gasteiger partial charge is 0.322 e. The summed E-state index contributed by atoms with van der Waals surface area (Å²) in [6.45, 7) is 0. The molecule has 0 bridgehead atoms. The van der Waals surface area contributed by atoms with Crippen molar-refractivity contribution in [2.75, 3.05) is 7.11 Å². The number of nitrogens with two attached hydrogens (primary N) is 1. The number of hydrogen-bond donors (Lipinski definition) is 2. The van der Waals surface area contributed by atoms with E-state index < -0.39 is 29.4 Å². The van der Waals surface area contributed by atoms with Crippen molar-refractivity contribution in [2.45, 2.75) is 12.5 Å². The number of aromatic hydroxyl groups is 1. The molecule has 0 amide bonds. The molecule has 0 aromatic heterocycles. The van der Waals surface area contributed by atoms with Gasteiger partial charge in [-0.3, -0.25) is 4.79 Å². The number of benzene rings is 1. The minimum atomic E-state index is -1.16. The second-order valence-corrected chi connectivity index (χ2v) is 3.23. The fraction of sp³-hybridized carbons (Fsp3) is 0.300. The third-order valence-corrected chi connectivity index (χ3v) is 2.07. The van der Waals surface area contributed by atoms with Gasteiger partial charge in [0.15, 0.2) is 11.6 Å². The second-order valence-electron chi connectivity index (χ2n) is 3.23. The highest BCUT2D eigenvalue weighted by atomic mass is 19.2. The first-order valence-electron chi connectivity index (χ1n) is 4.46. The van der Waals surface area contributed by atoms with Crippen LogP contribution in [0.1, 0.15) is 5.56 Å². The average molecular weight is 231 g/mol. The Labute approximate surface area is 90.6 Å². The van der Waals surface area contributed by atoms with Crippen LogP contribution in [0.4, 0.5) is 8.78 Å². The maximum Gasteiger partial charge on any atom is 0.322 e. The SMILES string of the molecule is COC(=O)[C@H](N)Cc1cc(F)c(F)cc1O. The lowest BCUT2D eigenvalue weighted by atomic mass is 10.1. The van der Waals surface area contributed by atoms with Crippen LogP contribution in [0.15, 0.2) is 12.1 Å². The van der Waals surface area contributed by atoms with Gasteiger partial charge in [-0.15, -0.1) is 0 Å². The van der Waals surface area contributed by atoms with Gasteiger partial charge in [0.25, 0.3) is 0 Å². The molecule has 4 nitrogen and oxygen atoms in total. The van der Waals surface area contributed by atoms with Gasteiger partial charge < -0.3 is 15.6 Å². The van der Waals surface area contributed by atoms with Crippen molar-refractivity contribution in [3.05, 3.63) is 29.3 Å². The summed E-state index contributed by atoms with van der Waals surface area (Å²) in [6, 6.07) is 0.406. The van der Waals surface area contributed by atoms with E-state index in [9.17, 15) is 18.7 Å². The van der Waals surface area contributed by atoms with E-state index in [1.54, 1.807) is 0 Å². The zero-order valence-corrected chi connectivity index (χ0v) is 8.54. The Kier molecular flexibility index (Phi) is 3.78. The van der Waals surface area contributed by atoms with Crippen LogP contribution in [0.5, 0.6) is 5.75 Å². The first-order valence-corrected chi connectivity index (χ1v) is 4.46. The van der Waals surface area contributed by atoms with Gasteiger partial charge in [0.2, 0.25) is 0 Å². The maximum atomic E-state index is 12.8. The van der Waals surface area contributed by atoms with Gasteiger partial charge in [-0.2, -0.15) is 0 Å². The zero-order valence-electron chi connectivity index (χ0n) is 8.54. The fourth-order valence-corrected chi connectivity index (χ4v) is 1.21. The van der Waals surface area contributed by atoms with Gasteiger partial charge in [-0.05, 0) is 11.6 Å². The highest BCUT2D eigenvalue weighted by molar-refractivity contribution is 5.75. The van der Waals surface area contributed by atoms with E-state index in [2.05, 4.69) is 4.74 Å².